The van der Waals surface area contributed by atoms with E-state index in [9.17, 15) is 4.79 Å². The molecule has 2 rings (SSSR count). The van der Waals surface area contributed by atoms with Crippen molar-refractivity contribution in [2.75, 3.05) is 21.3 Å². The van der Waals surface area contributed by atoms with Crippen LogP contribution in [0.5, 0.6) is 11.5 Å². The summed E-state index contributed by atoms with van der Waals surface area (Å²) < 4.78 is 11.3. The number of methoxy groups -OCH3 is 2. The summed E-state index contributed by atoms with van der Waals surface area (Å²) in [6.07, 6.45) is 4.26. The number of carbonyl (C=O) groups excluding carboxylic acids is 1. The minimum Gasteiger partial charge on any atom is -0.493 e. The number of benzene rings is 1. The number of carbonyl (C=O) groups is 1. The van der Waals surface area contributed by atoms with Crippen molar-refractivity contribution in [1.82, 2.24) is 4.90 Å². The first-order valence-electron chi connectivity index (χ1n) is 6.59. The van der Waals surface area contributed by atoms with Gasteiger partial charge in [0.2, 0.25) is 0 Å². The van der Waals surface area contributed by atoms with Gasteiger partial charge in [0.25, 0.3) is 5.91 Å². The van der Waals surface area contributed by atoms with Crippen LogP contribution in [0.1, 0.15) is 11.1 Å². The predicted molar refractivity (Wildman–Crippen MR) is 94.4 cm³/mol. The third kappa shape index (κ3) is 3.18. The molecule has 0 N–H and O–H groups in total. The van der Waals surface area contributed by atoms with Crippen LogP contribution in [0.3, 0.4) is 0 Å². The molecule has 1 fully saturated rings. The van der Waals surface area contributed by atoms with Gasteiger partial charge in [-0.05, 0) is 30.2 Å². The number of thioether (sulfide) groups is 1. The van der Waals surface area contributed by atoms with Gasteiger partial charge >= 0.3 is 0 Å². The molecule has 0 radical (unpaired) electrons. The van der Waals surface area contributed by atoms with E-state index in [0.29, 0.717) is 27.1 Å². The van der Waals surface area contributed by atoms with Crippen molar-refractivity contribution in [3.63, 3.8) is 0 Å². The maximum Gasteiger partial charge on any atom is 0.265 e. The van der Waals surface area contributed by atoms with Crippen molar-refractivity contribution in [3.05, 3.63) is 40.8 Å². The number of hydrogen-bond acceptors (Lipinski definition) is 5. The molecule has 0 aromatic heterocycles. The Morgan fingerprint density at radius 1 is 1.36 bits per heavy atom. The lowest BCUT2D eigenvalue weighted by molar-refractivity contribution is -0.121. The zero-order chi connectivity index (χ0) is 16.3. The molecule has 1 heterocycles. The smallest absolute Gasteiger partial charge is 0.265 e. The fourth-order valence-electron chi connectivity index (χ4n) is 2.15. The Morgan fingerprint density at radius 2 is 2.09 bits per heavy atom. The van der Waals surface area contributed by atoms with Crippen molar-refractivity contribution < 1.29 is 14.3 Å². The molecule has 116 valence electrons. The normalized spacial score (nSPS) is 16.3. The highest BCUT2D eigenvalue weighted by atomic mass is 32.2. The van der Waals surface area contributed by atoms with Crippen LogP contribution in [-0.2, 0) is 11.2 Å². The van der Waals surface area contributed by atoms with E-state index in [2.05, 4.69) is 6.58 Å². The minimum atomic E-state index is -0.0879. The second-order valence-corrected chi connectivity index (χ2v) is 6.32. The molecular weight excluding hydrogens is 318 g/mol. The van der Waals surface area contributed by atoms with Crippen molar-refractivity contribution in [1.29, 1.82) is 0 Å². The largest absolute Gasteiger partial charge is 0.493 e. The van der Waals surface area contributed by atoms with Crippen LogP contribution >= 0.6 is 24.0 Å². The number of allylic oxidation sites excluding steroid dienone is 1. The molecule has 4 nitrogen and oxygen atoms in total. The number of likely N-dealkylation sites (N-methyl/N-ethyl adjacent to an activating group) is 1. The molecule has 0 saturated carbocycles. The molecule has 1 saturated heterocycles. The van der Waals surface area contributed by atoms with Crippen LogP contribution < -0.4 is 9.47 Å². The SMILES string of the molecule is C=CCc1cc(/C=C2/SC(=S)N(C)C2=O)cc(OC)c1OC. The highest BCUT2D eigenvalue weighted by molar-refractivity contribution is 8.26. The fourth-order valence-corrected chi connectivity index (χ4v) is 3.33. The lowest BCUT2D eigenvalue weighted by atomic mass is 10.0. The maximum atomic E-state index is 12.1. The molecule has 1 aromatic rings. The first-order chi connectivity index (χ1) is 10.5. The van der Waals surface area contributed by atoms with Gasteiger partial charge in [-0.1, -0.05) is 30.1 Å². The van der Waals surface area contributed by atoms with E-state index in [4.69, 9.17) is 21.7 Å². The monoisotopic (exact) mass is 335 g/mol. The Morgan fingerprint density at radius 3 is 2.59 bits per heavy atom. The summed E-state index contributed by atoms with van der Waals surface area (Å²) in [5, 5.41) is 0. The van der Waals surface area contributed by atoms with Crippen LogP contribution in [0.25, 0.3) is 6.08 Å². The summed E-state index contributed by atoms with van der Waals surface area (Å²) in [4.78, 5) is 14.2. The van der Waals surface area contributed by atoms with E-state index in [1.807, 2.05) is 18.2 Å². The maximum absolute atomic E-state index is 12.1. The third-order valence-corrected chi connectivity index (χ3v) is 4.71. The van der Waals surface area contributed by atoms with Crippen LogP contribution in [0.15, 0.2) is 29.7 Å². The molecule has 1 amide bonds. The lowest BCUT2D eigenvalue weighted by Gasteiger charge is -2.13. The van der Waals surface area contributed by atoms with Gasteiger partial charge in [-0.3, -0.25) is 9.69 Å². The Kier molecular flexibility index (Phi) is 5.26. The quantitative estimate of drug-likeness (QED) is 0.469. The van der Waals surface area contributed by atoms with Gasteiger partial charge in [-0.25, -0.2) is 0 Å². The van der Waals surface area contributed by atoms with Crippen LogP contribution in [0.4, 0.5) is 0 Å². The summed E-state index contributed by atoms with van der Waals surface area (Å²) in [7, 11) is 4.87. The zero-order valence-electron chi connectivity index (χ0n) is 12.7. The molecule has 0 atom stereocenters. The molecule has 1 aliphatic heterocycles. The molecule has 6 heteroatoms. The van der Waals surface area contributed by atoms with E-state index >= 15 is 0 Å². The van der Waals surface area contributed by atoms with Crippen molar-refractivity contribution in [3.8, 4) is 11.5 Å². The van der Waals surface area contributed by atoms with E-state index in [1.165, 1.54) is 16.7 Å². The summed E-state index contributed by atoms with van der Waals surface area (Å²) in [5.74, 6) is 1.22. The first-order valence-corrected chi connectivity index (χ1v) is 7.81. The van der Waals surface area contributed by atoms with Crippen molar-refractivity contribution in [2.45, 2.75) is 6.42 Å². The van der Waals surface area contributed by atoms with Crippen LogP contribution in [0, 0.1) is 0 Å². The molecule has 0 bridgehead atoms. The van der Waals surface area contributed by atoms with E-state index in [1.54, 1.807) is 27.3 Å². The molecule has 0 unspecified atom stereocenters. The molecular formula is C16H17NO3S2. The molecule has 0 spiro atoms. The molecule has 1 aliphatic rings. The summed E-state index contributed by atoms with van der Waals surface area (Å²) in [6, 6.07) is 3.80. The Labute approximate surface area is 139 Å². The summed E-state index contributed by atoms with van der Waals surface area (Å²) >= 11 is 6.43. The van der Waals surface area contributed by atoms with Gasteiger partial charge in [-0.2, -0.15) is 0 Å². The van der Waals surface area contributed by atoms with Gasteiger partial charge in [-0.15, -0.1) is 6.58 Å². The minimum absolute atomic E-state index is 0.0879. The predicted octanol–water partition coefficient (Wildman–Crippen LogP) is 3.26. The second kappa shape index (κ2) is 6.98. The number of hydrogen-bond donors (Lipinski definition) is 0. The van der Waals surface area contributed by atoms with Gasteiger partial charge in [0.1, 0.15) is 4.32 Å². The lowest BCUT2D eigenvalue weighted by Crippen LogP contribution is -2.22. The highest BCUT2D eigenvalue weighted by Gasteiger charge is 2.28. The number of thiocarbonyl (C=S) groups is 1. The standard InChI is InChI=1S/C16H17NO3S2/c1-5-6-11-7-10(8-12(19-3)14(11)20-4)9-13-15(18)17(2)16(21)22-13/h5,7-9H,1,6H2,2-4H3/b13-9+. The van der Waals surface area contributed by atoms with E-state index < -0.39 is 0 Å². The molecule has 0 aliphatic carbocycles. The zero-order valence-corrected chi connectivity index (χ0v) is 14.3. The Balaban J connectivity index is 2.48. The van der Waals surface area contributed by atoms with E-state index in [0.717, 1.165) is 11.1 Å². The Bertz CT molecular complexity index is 668. The number of ether oxygens (including phenoxy) is 2. The molecule has 22 heavy (non-hydrogen) atoms. The number of rotatable bonds is 5. The van der Waals surface area contributed by atoms with Crippen LogP contribution in [0.2, 0.25) is 0 Å². The molecule has 1 aromatic carbocycles. The fraction of sp³-hybridized carbons (Fsp3) is 0.250. The topological polar surface area (TPSA) is 38.8 Å². The second-order valence-electron chi connectivity index (χ2n) is 4.65. The number of nitrogens with zero attached hydrogens (tertiary/aromatic N) is 1. The third-order valence-electron chi connectivity index (χ3n) is 3.23. The van der Waals surface area contributed by atoms with E-state index in [-0.39, 0.29) is 5.91 Å². The highest BCUT2D eigenvalue weighted by Crippen LogP contribution is 2.36. The average Bonchev–Trinajstić information content (AvgIpc) is 2.74. The van der Waals surface area contributed by atoms with Gasteiger partial charge < -0.3 is 9.47 Å². The average molecular weight is 335 g/mol. The number of amides is 1. The Hall–Kier alpha value is -1.79. The first kappa shape index (κ1) is 16.6. The van der Waals surface area contributed by atoms with Crippen LogP contribution in [-0.4, -0.2) is 36.4 Å². The van der Waals surface area contributed by atoms with Gasteiger partial charge in [0, 0.05) is 12.6 Å². The van der Waals surface area contributed by atoms with Gasteiger partial charge in [0.15, 0.2) is 11.5 Å². The van der Waals surface area contributed by atoms with Crippen molar-refractivity contribution in [2.24, 2.45) is 0 Å². The summed E-state index contributed by atoms with van der Waals surface area (Å²) in [5.41, 5.74) is 1.82. The summed E-state index contributed by atoms with van der Waals surface area (Å²) in [6.45, 7) is 3.76. The van der Waals surface area contributed by atoms with Crippen molar-refractivity contribution >= 4 is 40.3 Å². The van der Waals surface area contributed by atoms with Gasteiger partial charge in [0.05, 0.1) is 19.1 Å².